The van der Waals surface area contributed by atoms with Crippen molar-refractivity contribution in [2.75, 3.05) is 34.5 Å². The van der Waals surface area contributed by atoms with Gasteiger partial charge in [0.2, 0.25) is 5.75 Å². The van der Waals surface area contributed by atoms with Crippen LogP contribution in [0.3, 0.4) is 0 Å². The number of hydrogen-bond acceptors (Lipinski definition) is 6. The first-order valence-corrected chi connectivity index (χ1v) is 11.5. The molecule has 1 fully saturated rings. The Morgan fingerprint density at radius 2 is 1.67 bits per heavy atom. The predicted octanol–water partition coefficient (Wildman–Crippen LogP) is 5.79. The van der Waals surface area contributed by atoms with Crippen molar-refractivity contribution in [3.8, 4) is 17.2 Å². The zero-order valence-electron chi connectivity index (χ0n) is 21.0. The molecule has 0 N–H and O–H groups in total. The molecular formula is C27H31F3O6. The Hall–Kier alpha value is -3.20. The molecule has 196 valence electrons. The van der Waals surface area contributed by atoms with E-state index < -0.39 is 23.8 Å². The van der Waals surface area contributed by atoms with Crippen molar-refractivity contribution >= 4 is 5.97 Å². The van der Waals surface area contributed by atoms with Gasteiger partial charge in [-0.05, 0) is 61.6 Å². The zero-order valence-corrected chi connectivity index (χ0v) is 21.0. The van der Waals surface area contributed by atoms with Crippen LogP contribution in [0, 0.1) is 11.8 Å². The number of carbonyl (C=O) groups is 1. The van der Waals surface area contributed by atoms with E-state index in [1.807, 2.05) is 0 Å². The van der Waals surface area contributed by atoms with Gasteiger partial charge in [-0.25, -0.2) is 4.79 Å². The molecule has 0 saturated carbocycles. The summed E-state index contributed by atoms with van der Waals surface area (Å²) in [5, 5.41) is 0. The van der Waals surface area contributed by atoms with Crippen molar-refractivity contribution in [2.45, 2.75) is 32.5 Å². The fourth-order valence-corrected chi connectivity index (χ4v) is 4.30. The van der Waals surface area contributed by atoms with E-state index in [-0.39, 0.29) is 18.4 Å². The third kappa shape index (κ3) is 6.13. The first-order valence-electron chi connectivity index (χ1n) is 11.5. The van der Waals surface area contributed by atoms with Crippen LogP contribution in [0.15, 0.2) is 48.0 Å². The quantitative estimate of drug-likeness (QED) is 0.316. The van der Waals surface area contributed by atoms with Gasteiger partial charge in [-0.1, -0.05) is 18.2 Å². The maximum atomic E-state index is 13.0. The van der Waals surface area contributed by atoms with Gasteiger partial charge in [0, 0.05) is 11.5 Å². The molecule has 0 aromatic heterocycles. The lowest BCUT2D eigenvalue weighted by atomic mass is 9.84. The fraction of sp³-hybridized carbons (Fsp3) is 0.444. The lowest BCUT2D eigenvalue weighted by molar-refractivity contribution is -0.141. The van der Waals surface area contributed by atoms with E-state index in [2.05, 4.69) is 0 Å². The van der Waals surface area contributed by atoms with Crippen molar-refractivity contribution in [1.29, 1.82) is 0 Å². The van der Waals surface area contributed by atoms with Gasteiger partial charge in [0.05, 0.1) is 46.2 Å². The number of alkyl halides is 3. The summed E-state index contributed by atoms with van der Waals surface area (Å²) in [6, 6.07) is 8.68. The van der Waals surface area contributed by atoms with E-state index in [1.54, 1.807) is 32.1 Å². The van der Waals surface area contributed by atoms with Crippen LogP contribution < -0.4 is 14.2 Å². The number of esters is 1. The summed E-state index contributed by atoms with van der Waals surface area (Å²) in [7, 11) is 4.55. The maximum absolute atomic E-state index is 13.0. The molecule has 0 radical (unpaired) electrons. The Morgan fingerprint density at radius 1 is 1.06 bits per heavy atom. The highest BCUT2D eigenvalue weighted by atomic mass is 19.4. The van der Waals surface area contributed by atoms with Crippen molar-refractivity contribution in [3.05, 3.63) is 64.7 Å². The van der Waals surface area contributed by atoms with Gasteiger partial charge in [-0.2, -0.15) is 13.2 Å². The molecule has 9 heteroatoms. The van der Waals surface area contributed by atoms with E-state index in [1.165, 1.54) is 33.5 Å². The standard InChI is InChI=1S/C27H31F3O6/c1-6-16(2)26(31)36-15-21-19(11-17-7-9-20(10-8-17)27(28,29)30)14-35-24(21)18-12-22(32-3)25(34-5)23(13-18)33-4/h6-10,12-13,19,21,24H,11,14-15H2,1-5H3/b16-6+/t19-,21-,24+/m0/s1. The summed E-state index contributed by atoms with van der Waals surface area (Å²) >= 11 is 0. The number of halogens is 3. The van der Waals surface area contributed by atoms with Crippen LogP contribution in [0.25, 0.3) is 0 Å². The van der Waals surface area contributed by atoms with Crippen LogP contribution in [0.1, 0.15) is 36.6 Å². The minimum atomic E-state index is -4.39. The smallest absolute Gasteiger partial charge is 0.416 e. The molecule has 1 aliphatic heterocycles. The van der Waals surface area contributed by atoms with E-state index >= 15 is 0 Å². The lowest BCUT2D eigenvalue weighted by Gasteiger charge is -2.24. The molecule has 0 unspecified atom stereocenters. The van der Waals surface area contributed by atoms with Crippen LogP contribution in [0.2, 0.25) is 0 Å². The predicted molar refractivity (Wildman–Crippen MR) is 127 cm³/mol. The minimum absolute atomic E-state index is 0.0800. The van der Waals surface area contributed by atoms with Gasteiger partial charge in [0.15, 0.2) is 11.5 Å². The Bertz CT molecular complexity index is 1050. The largest absolute Gasteiger partial charge is 0.493 e. The summed E-state index contributed by atoms with van der Waals surface area (Å²) < 4.78 is 67.0. The molecule has 2 aromatic rings. The number of rotatable bonds is 9. The van der Waals surface area contributed by atoms with Crippen molar-refractivity contribution in [3.63, 3.8) is 0 Å². The molecule has 6 nitrogen and oxygen atoms in total. The number of benzene rings is 2. The molecule has 1 saturated heterocycles. The lowest BCUT2D eigenvalue weighted by Crippen LogP contribution is -2.25. The number of methoxy groups -OCH3 is 3. The Kier molecular flexibility index (Phi) is 8.89. The fourth-order valence-electron chi connectivity index (χ4n) is 4.30. The minimum Gasteiger partial charge on any atom is -0.493 e. The van der Waals surface area contributed by atoms with Crippen LogP contribution >= 0.6 is 0 Å². The van der Waals surface area contributed by atoms with Crippen molar-refractivity contribution in [1.82, 2.24) is 0 Å². The summed E-state index contributed by atoms with van der Waals surface area (Å²) in [5.74, 6) is 0.564. The number of ether oxygens (including phenoxy) is 5. The van der Waals surface area contributed by atoms with E-state index in [9.17, 15) is 18.0 Å². The monoisotopic (exact) mass is 508 g/mol. The number of allylic oxidation sites excluding steroid dienone is 1. The van der Waals surface area contributed by atoms with Gasteiger partial charge >= 0.3 is 12.1 Å². The van der Waals surface area contributed by atoms with Gasteiger partial charge in [-0.15, -0.1) is 0 Å². The third-order valence-electron chi connectivity index (χ3n) is 6.44. The van der Waals surface area contributed by atoms with Crippen LogP contribution in [0.4, 0.5) is 13.2 Å². The molecule has 1 aliphatic rings. The molecule has 1 heterocycles. The topological polar surface area (TPSA) is 63.2 Å². The average Bonchev–Trinajstić information content (AvgIpc) is 3.27. The Morgan fingerprint density at radius 3 is 2.17 bits per heavy atom. The number of carbonyl (C=O) groups excluding carboxylic acids is 1. The molecular weight excluding hydrogens is 477 g/mol. The summed E-state index contributed by atoms with van der Waals surface area (Å²) in [4.78, 5) is 12.4. The van der Waals surface area contributed by atoms with Gasteiger partial charge in [0.25, 0.3) is 0 Å². The van der Waals surface area contributed by atoms with Gasteiger partial charge in [-0.3, -0.25) is 0 Å². The average molecular weight is 509 g/mol. The molecule has 0 bridgehead atoms. The molecule has 3 rings (SSSR count). The van der Waals surface area contributed by atoms with E-state index in [0.29, 0.717) is 35.8 Å². The summed E-state index contributed by atoms with van der Waals surface area (Å²) in [6.45, 7) is 3.84. The molecule has 0 aliphatic carbocycles. The second-order valence-corrected chi connectivity index (χ2v) is 8.61. The zero-order chi connectivity index (χ0) is 26.5. The first kappa shape index (κ1) is 27.4. The SMILES string of the molecule is C/C=C(\C)C(=O)OC[C@H]1[C@@H](Cc2ccc(C(F)(F)F)cc2)CO[C@@H]1c1cc(OC)c(OC)c(OC)c1. The highest BCUT2D eigenvalue weighted by molar-refractivity contribution is 5.87. The summed E-state index contributed by atoms with van der Waals surface area (Å²) in [5.41, 5.74) is 1.28. The Labute approximate surface area is 208 Å². The second-order valence-electron chi connectivity index (χ2n) is 8.61. The second kappa shape index (κ2) is 11.7. The van der Waals surface area contributed by atoms with Gasteiger partial charge < -0.3 is 23.7 Å². The first-order chi connectivity index (χ1) is 17.1. The van der Waals surface area contributed by atoms with Gasteiger partial charge in [0.1, 0.15) is 0 Å². The molecule has 0 spiro atoms. The Balaban J connectivity index is 1.91. The van der Waals surface area contributed by atoms with Crippen LogP contribution in [-0.4, -0.2) is 40.5 Å². The molecule has 0 amide bonds. The number of hydrogen-bond donors (Lipinski definition) is 0. The summed E-state index contributed by atoms with van der Waals surface area (Å²) in [6.07, 6.45) is -2.72. The molecule has 36 heavy (non-hydrogen) atoms. The highest BCUT2D eigenvalue weighted by Crippen LogP contribution is 2.46. The molecule has 2 aromatic carbocycles. The van der Waals surface area contributed by atoms with Crippen molar-refractivity contribution < 1.29 is 41.7 Å². The normalized spacial score (nSPS) is 20.2. The van der Waals surface area contributed by atoms with E-state index in [0.717, 1.165) is 23.3 Å². The van der Waals surface area contributed by atoms with Crippen molar-refractivity contribution in [2.24, 2.45) is 11.8 Å². The molecule has 3 atom stereocenters. The van der Waals surface area contributed by atoms with Crippen LogP contribution in [-0.2, 0) is 26.9 Å². The van der Waals surface area contributed by atoms with E-state index in [4.69, 9.17) is 23.7 Å². The maximum Gasteiger partial charge on any atom is 0.416 e. The highest BCUT2D eigenvalue weighted by Gasteiger charge is 2.40. The van der Waals surface area contributed by atoms with Crippen LogP contribution in [0.5, 0.6) is 17.2 Å². The third-order valence-corrected chi connectivity index (χ3v) is 6.44.